The van der Waals surface area contributed by atoms with Gasteiger partial charge in [0.2, 0.25) is 0 Å². The number of hydrogen-bond donors (Lipinski definition) is 4. The van der Waals surface area contributed by atoms with Crippen LogP contribution in [0.15, 0.2) is 36.4 Å². The van der Waals surface area contributed by atoms with Crippen molar-refractivity contribution in [2.75, 3.05) is 32.5 Å². The number of amides is 1. The molecule has 0 bridgehead atoms. The van der Waals surface area contributed by atoms with Crippen LogP contribution in [-0.4, -0.2) is 42.7 Å². The Bertz CT molecular complexity index is 861. The number of nitrogens with zero attached hydrogens (tertiary/aromatic N) is 1. The molecule has 30 heavy (non-hydrogen) atoms. The molecule has 2 aromatic rings. The number of β-amino-alcohol motifs (C(OH)–C–C–N with tert-alkyl or cyclic N) is 1. The minimum absolute atomic E-state index is 0.364. The van der Waals surface area contributed by atoms with E-state index < -0.39 is 12.0 Å². The predicted molar refractivity (Wildman–Crippen MR) is 118 cm³/mol. The van der Waals surface area contributed by atoms with Gasteiger partial charge in [-0.3, -0.25) is 4.79 Å². The molecular formula is C23H32N4O3. The predicted octanol–water partition coefficient (Wildman–Crippen LogP) is 1.82. The topological polar surface area (TPSA) is 128 Å². The van der Waals surface area contributed by atoms with Crippen LogP contribution in [0.3, 0.4) is 0 Å². The number of hydrogen-bond acceptors (Lipinski definition) is 6. The number of carbonyl (C=O) groups excluding carboxylic acids is 1. The van der Waals surface area contributed by atoms with Crippen LogP contribution in [0.1, 0.15) is 46.0 Å². The third kappa shape index (κ3) is 5.30. The van der Waals surface area contributed by atoms with Crippen molar-refractivity contribution in [1.82, 2.24) is 4.90 Å². The molecule has 7 N–H and O–H groups in total. The van der Waals surface area contributed by atoms with Crippen LogP contribution in [0.4, 0.5) is 5.69 Å². The standard InChI is InChI=1S/C23H32N4O3/c1-30-22-12-20(25)18(11-19(22)23(26)29)10-15-6-8-27(9-7-15)14-21(28)17-4-2-16(13-24)3-5-17/h2-5,11-12,15,21,28H,6-10,13-14,24-25H2,1H3,(H2,26,29). The summed E-state index contributed by atoms with van der Waals surface area (Å²) in [6.07, 6.45) is 2.31. The van der Waals surface area contributed by atoms with Gasteiger partial charge in [0.1, 0.15) is 5.75 Å². The van der Waals surface area contributed by atoms with Gasteiger partial charge in [-0.25, -0.2) is 0 Å². The van der Waals surface area contributed by atoms with Gasteiger partial charge >= 0.3 is 0 Å². The van der Waals surface area contributed by atoms with E-state index in [9.17, 15) is 9.90 Å². The highest BCUT2D eigenvalue weighted by Crippen LogP contribution is 2.30. The number of likely N-dealkylation sites (tertiary alicyclic amines) is 1. The molecule has 0 aromatic heterocycles. The average molecular weight is 413 g/mol. The average Bonchev–Trinajstić information content (AvgIpc) is 2.76. The van der Waals surface area contributed by atoms with Gasteiger partial charge in [-0.15, -0.1) is 0 Å². The summed E-state index contributed by atoms with van der Waals surface area (Å²) in [4.78, 5) is 14.0. The highest BCUT2D eigenvalue weighted by atomic mass is 16.5. The number of benzene rings is 2. The third-order valence-electron chi connectivity index (χ3n) is 5.97. The number of nitrogens with two attached hydrogens (primary N) is 3. The molecule has 7 nitrogen and oxygen atoms in total. The second-order valence-electron chi connectivity index (χ2n) is 8.03. The molecule has 1 aliphatic rings. The Morgan fingerprint density at radius 1 is 1.23 bits per heavy atom. The number of carbonyl (C=O) groups is 1. The van der Waals surface area contributed by atoms with E-state index in [1.54, 1.807) is 12.1 Å². The molecule has 0 spiro atoms. The molecule has 1 atom stereocenters. The Balaban J connectivity index is 1.55. The summed E-state index contributed by atoms with van der Waals surface area (Å²) in [7, 11) is 1.50. The highest BCUT2D eigenvalue weighted by Gasteiger charge is 2.23. The molecule has 1 saturated heterocycles. The monoisotopic (exact) mass is 412 g/mol. The lowest BCUT2D eigenvalue weighted by molar-refractivity contribution is 0.0893. The molecule has 0 radical (unpaired) electrons. The van der Waals surface area contributed by atoms with Crippen LogP contribution in [-0.2, 0) is 13.0 Å². The summed E-state index contributed by atoms with van der Waals surface area (Å²) in [5.41, 5.74) is 21.2. The van der Waals surface area contributed by atoms with Crippen LogP contribution in [0.25, 0.3) is 0 Å². The van der Waals surface area contributed by atoms with E-state index in [1.807, 2.05) is 24.3 Å². The molecule has 0 saturated carbocycles. The van der Waals surface area contributed by atoms with E-state index in [-0.39, 0.29) is 0 Å². The Hall–Kier alpha value is -2.61. The zero-order valence-electron chi connectivity index (χ0n) is 17.5. The Morgan fingerprint density at radius 2 is 1.90 bits per heavy atom. The van der Waals surface area contributed by atoms with Gasteiger partial charge in [-0.05, 0) is 61.0 Å². The van der Waals surface area contributed by atoms with Gasteiger partial charge in [-0.2, -0.15) is 0 Å². The zero-order chi connectivity index (χ0) is 21.7. The molecule has 3 rings (SSSR count). The lowest BCUT2D eigenvalue weighted by Crippen LogP contribution is -2.37. The van der Waals surface area contributed by atoms with E-state index >= 15 is 0 Å². The first-order chi connectivity index (χ1) is 14.4. The van der Waals surface area contributed by atoms with Gasteiger partial charge in [0.05, 0.1) is 18.8 Å². The number of ether oxygens (including phenoxy) is 1. The summed E-state index contributed by atoms with van der Waals surface area (Å²) in [6.45, 7) is 2.96. The van der Waals surface area contributed by atoms with Gasteiger partial charge in [0.15, 0.2) is 0 Å². The minimum atomic E-state index is -0.517. The molecule has 1 amide bonds. The second kappa shape index (κ2) is 9.93. The Labute approximate surface area is 177 Å². The van der Waals surface area contributed by atoms with Crippen molar-refractivity contribution >= 4 is 11.6 Å². The number of aliphatic hydroxyl groups is 1. The summed E-state index contributed by atoms with van der Waals surface area (Å²) in [5, 5.41) is 10.6. The Morgan fingerprint density at radius 3 is 2.47 bits per heavy atom. The lowest BCUT2D eigenvalue weighted by Gasteiger charge is -2.33. The van der Waals surface area contributed by atoms with E-state index in [1.165, 1.54) is 7.11 Å². The molecule has 7 heteroatoms. The molecule has 1 heterocycles. The second-order valence-corrected chi connectivity index (χ2v) is 8.03. The Kier molecular flexibility index (Phi) is 7.31. The summed E-state index contributed by atoms with van der Waals surface area (Å²) in [6, 6.07) is 11.3. The molecule has 162 valence electrons. The van der Waals surface area contributed by atoms with Gasteiger partial charge in [-0.1, -0.05) is 24.3 Å². The van der Waals surface area contributed by atoms with Crippen molar-refractivity contribution < 1.29 is 14.6 Å². The first-order valence-electron chi connectivity index (χ1n) is 10.4. The third-order valence-corrected chi connectivity index (χ3v) is 5.97. The van der Waals surface area contributed by atoms with Crippen LogP contribution in [0, 0.1) is 5.92 Å². The van der Waals surface area contributed by atoms with E-state index in [0.29, 0.717) is 36.0 Å². The molecule has 1 unspecified atom stereocenters. The van der Waals surface area contributed by atoms with Crippen LogP contribution >= 0.6 is 0 Å². The molecule has 0 aliphatic carbocycles. The van der Waals surface area contributed by atoms with Gasteiger partial charge in [0, 0.05) is 24.8 Å². The fraction of sp³-hybridized carbons (Fsp3) is 0.435. The maximum Gasteiger partial charge on any atom is 0.252 e. The van der Waals surface area contributed by atoms with Crippen molar-refractivity contribution in [2.45, 2.75) is 31.9 Å². The SMILES string of the molecule is COc1cc(N)c(CC2CCN(CC(O)c3ccc(CN)cc3)CC2)cc1C(N)=O. The maximum atomic E-state index is 11.7. The first-order valence-corrected chi connectivity index (χ1v) is 10.4. The highest BCUT2D eigenvalue weighted by molar-refractivity contribution is 5.96. The van der Waals surface area contributed by atoms with Crippen molar-refractivity contribution in [2.24, 2.45) is 17.4 Å². The summed E-state index contributed by atoms with van der Waals surface area (Å²) < 4.78 is 5.22. The fourth-order valence-electron chi connectivity index (χ4n) is 4.09. The van der Waals surface area contributed by atoms with Crippen molar-refractivity contribution in [3.63, 3.8) is 0 Å². The number of rotatable bonds is 8. The van der Waals surface area contributed by atoms with E-state index in [2.05, 4.69) is 4.90 Å². The number of primary amides is 1. The zero-order valence-corrected chi connectivity index (χ0v) is 17.5. The van der Waals surface area contributed by atoms with Crippen LogP contribution in [0.2, 0.25) is 0 Å². The van der Waals surface area contributed by atoms with Crippen molar-refractivity contribution in [3.8, 4) is 5.75 Å². The molecule has 2 aromatic carbocycles. The van der Waals surface area contributed by atoms with Crippen LogP contribution < -0.4 is 21.9 Å². The molecule has 1 aliphatic heterocycles. The first kappa shape index (κ1) is 22.1. The summed E-state index contributed by atoms with van der Waals surface area (Å²) >= 11 is 0. The number of nitrogen functional groups attached to an aromatic ring is 1. The number of anilines is 1. The number of methoxy groups -OCH3 is 1. The largest absolute Gasteiger partial charge is 0.496 e. The van der Waals surface area contributed by atoms with Crippen molar-refractivity contribution in [3.05, 3.63) is 58.7 Å². The minimum Gasteiger partial charge on any atom is -0.496 e. The summed E-state index contributed by atoms with van der Waals surface area (Å²) in [5.74, 6) is 0.363. The van der Waals surface area contributed by atoms with Gasteiger partial charge in [0.25, 0.3) is 5.91 Å². The van der Waals surface area contributed by atoms with E-state index in [4.69, 9.17) is 21.9 Å². The van der Waals surface area contributed by atoms with Crippen LogP contribution in [0.5, 0.6) is 5.75 Å². The molecular weight excluding hydrogens is 380 g/mol. The van der Waals surface area contributed by atoms with Gasteiger partial charge < -0.3 is 31.9 Å². The van der Waals surface area contributed by atoms with E-state index in [0.717, 1.165) is 49.0 Å². The maximum absolute atomic E-state index is 11.7. The lowest BCUT2D eigenvalue weighted by atomic mass is 9.88. The number of piperidine rings is 1. The van der Waals surface area contributed by atoms with Crippen molar-refractivity contribution in [1.29, 1.82) is 0 Å². The molecule has 1 fully saturated rings. The normalized spacial score (nSPS) is 16.4. The number of aliphatic hydroxyl groups excluding tert-OH is 1. The smallest absolute Gasteiger partial charge is 0.252 e. The quantitative estimate of drug-likeness (QED) is 0.490. The fourth-order valence-corrected chi connectivity index (χ4v) is 4.09.